The standard InChI is InChI=1S/C33H51NO5/c1-20-8-7-14-33(30(38)34(5)6)17-12-25-23(29(20)33)9-10-27-31(3)16-13-26(39-28(37)18-22(36)19-35)21(2)24(31)11-15-32(25,27)4/h9,19-22,24-27,29,36H,7-8,10-18H2,1-6H3. The smallest absolute Gasteiger partial charge is 0.309 e. The molecular weight excluding hydrogens is 490 g/mol. The summed E-state index contributed by atoms with van der Waals surface area (Å²) in [5.74, 6) is 2.68. The Kier molecular flexibility index (Phi) is 7.61. The highest BCUT2D eigenvalue weighted by Crippen LogP contribution is 2.70. The molecule has 0 aromatic rings. The highest BCUT2D eigenvalue weighted by atomic mass is 16.5. The number of rotatable bonds is 5. The first-order valence-corrected chi connectivity index (χ1v) is 15.6. The van der Waals surface area contributed by atoms with Gasteiger partial charge in [0.05, 0.1) is 11.8 Å². The summed E-state index contributed by atoms with van der Waals surface area (Å²) in [7, 11) is 3.88. The van der Waals surface area contributed by atoms with Crippen molar-refractivity contribution in [1.82, 2.24) is 4.90 Å². The van der Waals surface area contributed by atoms with Crippen LogP contribution in [0.1, 0.15) is 98.3 Å². The van der Waals surface area contributed by atoms with Crippen molar-refractivity contribution >= 4 is 18.2 Å². The van der Waals surface area contributed by atoms with Crippen molar-refractivity contribution in [3.63, 3.8) is 0 Å². The maximum absolute atomic E-state index is 13.7. The molecule has 11 atom stereocenters. The van der Waals surface area contributed by atoms with Crippen LogP contribution in [0, 0.1) is 51.8 Å². The summed E-state index contributed by atoms with van der Waals surface area (Å²) in [5, 5.41) is 9.57. The van der Waals surface area contributed by atoms with Crippen molar-refractivity contribution in [2.45, 2.75) is 111 Å². The first-order valence-electron chi connectivity index (χ1n) is 15.6. The molecule has 6 heteroatoms. The summed E-state index contributed by atoms with van der Waals surface area (Å²) < 4.78 is 5.84. The minimum absolute atomic E-state index is 0.149. The van der Waals surface area contributed by atoms with E-state index < -0.39 is 12.1 Å². The highest BCUT2D eigenvalue weighted by Gasteiger charge is 2.64. The zero-order valence-corrected chi connectivity index (χ0v) is 25.1. The predicted octanol–water partition coefficient (Wildman–Crippen LogP) is 5.57. The Balaban J connectivity index is 1.41. The molecule has 4 fully saturated rings. The van der Waals surface area contributed by atoms with Crippen LogP contribution in [0.2, 0.25) is 0 Å². The Labute approximate surface area is 235 Å². The lowest BCUT2D eigenvalue weighted by molar-refractivity contribution is -0.181. The first kappa shape index (κ1) is 28.8. The lowest BCUT2D eigenvalue weighted by Gasteiger charge is -2.66. The molecule has 6 nitrogen and oxygen atoms in total. The van der Waals surface area contributed by atoms with Gasteiger partial charge in [0.15, 0.2) is 0 Å². The molecule has 0 aromatic carbocycles. The van der Waals surface area contributed by atoms with Crippen LogP contribution in [0.25, 0.3) is 0 Å². The van der Waals surface area contributed by atoms with Crippen LogP contribution in [-0.2, 0) is 19.1 Å². The summed E-state index contributed by atoms with van der Waals surface area (Å²) >= 11 is 0. The molecule has 1 N–H and O–H groups in total. The van der Waals surface area contributed by atoms with Crippen molar-refractivity contribution in [2.75, 3.05) is 14.1 Å². The fourth-order valence-corrected chi connectivity index (χ4v) is 11.1. The minimum atomic E-state index is -1.28. The molecule has 0 spiro atoms. The van der Waals surface area contributed by atoms with Crippen LogP contribution in [-0.4, -0.2) is 54.5 Å². The van der Waals surface area contributed by atoms with Gasteiger partial charge in [0.2, 0.25) is 5.91 Å². The second-order valence-electron chi connectivity index (χ2n) is 14.8. The van der Waals surface area contributed by atoms with Crippen LogP contribution in [0.15, 0.2) is 11.6 Å². The summed E-state index contributed by atoms with van der Waals surface area (Å²) in [6.45, 7) is 9.72. The Morgan fingerprint density at radius 2 is 1.79 bits per heavy atom. The fraction of sp³-hybridized carbons (Fsp3) is 0.848. The van der Waals surface area contributed by atoms with Crippen molar-refractivity contribution in [2.24, 2.45) is 51.8 Å². The van der Waals surface area contributed by atoms with Crippen molar-refractivity contribution in [3.05, 3.63) is 11.6 Å². The zero-order chi connectivity index (χ0) is 28.3. The van der Waals surface area contributed by atoms with Crippen LogP contribution >= 0.6 is 0 Å². The molecule has 1 amide bonds. The molecule has 0 heterocycles. The van der Waals surface area contributed by atoms with Crippen LogP contribution in [0.5, 0.6) is 0 Å². The number of aldehydes is 1. The average molecular weight is 542 g/mol. The van der Waals surface area contributed by atoms with E-state index in [0.717, 1.165) is 51.4 Å². The van der Waals surface area contributed by atoms with Crippen molar-refractivity contribution in [3.8, 4) is 0 Å². The van der Waals surface area contributed by atoms with Gasteiger partial charge in [0.25, 0.3) is 0 Å². The van der Waals surface area contributed by atoms with Gasteiger partial charge in [0, 0.05) is 14.1 Å². The Hall–Kier alpha value is -1.69. The van der Waals surface area contributed by atoms with E-state index in [0.29, 0.717) is 41.8 Å². The number of aliphatic hydroxyl groups is 1. The molecule has 0 aromatic heterocycles. The third kappa shape index (κ3) is 4.42. The number of ether oxygens (including phenoxy) is 1. The van der Waals surface area contributed by atoms with Gasteiger partial charge in [-0.2, -0.15) is 0 Å². The maximum Gasteiger partial charge on any atom is 0.309 e. The quantitative estimate of drug-likeness (QED) is 0.280. The van der Waals surface area contributed by atoms with Gasteiger partial charge in [-0.1, -0.05) is 52.2 Å². The molecule has 39 heavy (non-hydrogen) atoms. The fourth-order valence-electron chi connectivity index (χ4n) is 11.1. The van der Waals surface area contributed by atoms with E-state index in [1.54, 1.807) is 5.57 Å². The molecule has 218 valence electrons. The number of nitrogens with zero attached hydrogens (tertiary/aromatic N) is 1. The zero-order valence-electron chi connectivity index (χ0n) is 25.1. The predicted molar refractivity (Wildman–Crippen MR) is 150 cm³/mol. The monoisotopic (exact) mass is 541 g/mol. The van der Waals surface area contributed by atoms with E-state index in [4.69, 9.17) is 4.74 Å². The van der Waals surface area contributed by atoms with Gasteiger partial charge >= 0.3 is 5.97 Å². The molecule has 0 radical (unpaired) electrons. The third-order valence-corrected chi connectivity index (χ3v) is 12.7. The summed E-state index contributed by atoms with van der Waals surface area (Å²) in [4.78, 5) is 38.8. The molecule has 0 bridgehead atoms. The number of esters is 1. The molecule has 11 unspecified atom stereocenters. The van der Waals surface area contributed by atoms with Gasteiger partial charge in [0.1, 0.15) is 18.5 Å². The molecule has 5 aliphatic carbocycles. The molecule has 5 rings (SSSR count). The van der Waals surface area contributed by atoms with E-state index in [-0.39, 0.29) is 34.7 Å². The third-order valence-electron chi connectivity index (χ3n) is 12.7. The van der Waals surface area contributed by atoms with Gasteiger partial charge in [-0.25, -0.2) is 0 Å². The Morgan fingerprint density at radius 1 is 1.08 bits per heavy atom. The van der Waals surface area contributed by atoms with Gasteiger partial charge < -0.3 is 19.5 Å². The highest BCUT2D eigenvalue weighted by molar-refractivity contribution is 5.83. The normalized spacial score (nSPS) is 45.8. The van der Waals surface area contributed by atoms with Crippen molar-refractivity contribution < 1.29 is 24.2 Å². The number of aliphatic hydroxyl groups excluding tert-OH is 1. The minimum Gasteiger partial charge on any atom is -0.462 e. The van der Waals surface area contributed by atoms with Crippen LogP contribution < -0.4 is 0 Å². The molecule has 0 aliphatic heterocycles. The Bertz CT molecular complexity index is 1020. The van der Waals surface area contributed by atoms with E-state index in [1.807, 2.05) is 19.0 Å². The van der Waals surface area contributed by atoms with Gasteiger partial charge in [-0.05, 0) is 97.7 Å². The van der Waals surface area contributed by atoms with E-state index in [1.165, 1.54) is 12.8 Å². The second kappa shape index (κ2) is 10.3. The SMILES string of the molecule is CC1CCCC2(C(=O)N(C)C)CCC3C(=CCC4C3(C)CCC3C(C)C(OC(=O)CC(O)C=O)CCC34C)C12. The maximum atomic E-state index is 13.7. The summed E-state index contributed by atoms with van der Waals surface area (Å²) in [5.41, 5.74) is 1.82. The van der Waals surface area contributed by atoms with Crippen LogP contribution in [0.3, 0.4) is 0 Å². The second-order valence-corrected chi connectivity index (χ2v) is 14.8. The van der Waals surface area contributed by atoms with E-state index in [9.17, 15) is 19.5 Å². The largest absolute Gasteiger partial charge is 0.462 e. The molecule has 0 saturated heterocycles. The topological polar surface area (TPSA) is 83.9 Å². The number of hydrogen-bond donors (Lipinski definition) is 1. The van der Waals surface area contributed by atoms with Gasteiger partial charge in [-0.3, -0.25) is 9.59 Å². The van der Waals surface area contributed by atoms with E-state index in [2.05, 4.69) is 33.8 Å². The lowest BCUT2D eigenvalue weighted by Crippen LogP contribution is -2.61. The number of carbonyl (C=O) groups is 3. The number of fused-ring (bicyclic) bond motifs is 7. The van der Waals surface area contributed by atoms with Gasteiger partial charge in [-0.15, -0.1) is 0 Å². The first-order chi connectivity index (χ1) is 18.4. The van der Waals surface area contributed by atoms with Crippen LogP contribution in [0.4, 0.5) is 0 Å². The molecule has 5 aliphatic rings. The number of hydrogen-bond acceptors (Lipinski definition) is 5. The Morgan fingerprint density at radius 3 is 2.49 bits per heavy atom. The van der Waals surface area contributed by atoms with E-state index >= 15 is 0 Å². The molecule has 4 saturated carbocycles. The average Bonchev–Trinajstić information content (AvgIpc) is 2.89. The van der Waals surface area contributed by atoms with Crippen molar-refractivity contribution in [1.29, 1.82) is 0 Å². The summed E-state index contributed by atoms with van der Waals surface area (Å²) in [6, 6.07) is 0. The number of amides is 1. The summed E-state index contributed by atoms with van der Waals surface area (Å²) in [6.07, 6.45) is 12.2. The molecular formula is C33H51NO5. The number of allylic oxidation sites excluding steroid dienone is 2. The number of carbonyl (C=O) groups excluding carboxylic acids is 3. The lowest BCUT2D eigenvalue weighted by atomic mass is 9.38.